The molecule has 1 saturated heterocycles. The van der Waals surface area contributed by atoms with Crippen LogP contribution >= 0.6 is 0 Å². The molecule has 0 spiro atoms. The van der Waals surface area contributed by atoms with E-state index in [-0.39, 0.29) is 23.9 Å². The Morgan fingerprint density at radius 1 is 1.23 bits per heavy atom. The van der Waals surface area contributed by atoms with E-state index in [1.807, 2.05) is 24.3 Å². The predicted molar refractivity (Wildman–Crippen MR) is 95.2 cm³/mol. The minimum absolute atomic E-state index is 0.0321. The fraction of sp³-hybridized carbons (Fsp3) is 0.412. The first kappa shape index (κ1) is 18.4. The van der Waals surface area contributed by atoms with Crippen LogP contribution in [0.2, 0.25) is 0 Å². The summed E-state index contributed by atoms with van der Waals surface area (Å²) >= 11 is 0. The van der Waals surface area contributed by atoms with Gasteiger partial charge in [-0.05, 0) is 12.5 Å². The van der Waals surface area contributed by atoms with Crippen LogP contribution in [0.25, 0.3) is 0 Å². The molecule has 9 heteroatoms. The van der Waals surface area contributed by atoms with E-state index in [0.29, 0.717) is 31.8 Å². The number of aromatic amines is 1. The van der Waals surface area contributed by atoms with Crippen molar-refractivity contribution in [1.29, 1.82) is 0 Å². The third-order valence-corrected chi connectivity index (χ3v) is 6.26. The van der Waals surface area contributed by atoms with Crippen molar-refractivity contribution >= 4 is 15.9 Å². The molecule has 1 N–H and O–H groups in total. The summed E-state index contributed by atoms with van der Waals surface area (Å²) in [5, 5.41) is 0.0753. The van der Waals surface area contributed by atoms with Crippen LogP contribution in [0, 0.1) is 0 Å². The highest BCUT2D eigenvalue weighted by Crippen LogP contribution is 2.20. The fourth-order valence-corrected chi connectivity index (χ4v) is 4.40. The van der Waals surface area contributed by atoms with Gasteiger partial charge in [-0.15, -0.1) is 0 Å². The smallest absolute Gasteiger partial charge is 0.260 e. The number of imidazole rings is 1. The molecule has 140 valence electrons. The maximum Gasteiger partial charge on any atom is 0.260 e. The van der Waals surface area contributed by atoms with Crippen molar-refractivity contribution in [2.75, 3.05) is 33.3 Å². The monoisotopic (exact) mass is 378 g/mol. The third-order valence-electron chi connectivity index (χ3n) is 4.43. The number of methoxy groups -OCH3 is 1. The first-order valence-corrected chi connectivity index (χ1v) is 9.84. The molecule has 1 fully saturated rings. The van der Waals surface area contributed by atoms with Crippen LogP contribution in [0.4, 0.5) is 0 Å². The highest BCUT2D eigenvalue weighted by atomic mass is 32.2. The van der Waals surface area contributed by atoms with Crippen LogP contribution in [0.15, 0.2) is 41.8 Å². The topological polar surface area (TPSA) is 95.6 Å². The first-order valence-electron chi connectivity index (χ1n) is 8.40. The lowest BCUT2D eigenvalue weighted by atomic mass is 10.1. The second-order valence-corrected chi connectivity index (χ2v) is 7.95. The van der Waals surface area contributed by atoms with Crippen molar-refractivity contribution in [3.05, 3.63) is 42.4 Å². The van der Waals surface area contributed by atoms with Crippen LogP contribution in [0.5, 0.6) is 5.75 Å². The number of amides is 1. The van der Waals surface area contributed by atoms with Gasteiger partial charge in [0.05, 0.1) is 26.1 Å². The van der Waals surface area contributed by atoms with Gasteiger partial charge in [0.15, 0.2) is 5.03 Å². The molecule has 3 rings (SSSR count). The summed E-state index contributed by atoms with van der Waals surface area (Å²) in [6, 6.07) is 7.41. The molecule has 8 nitrogen and oxygen atoms in total. The average Bonchev–Trinajstić information content (AvgIpc) is 3.07. The number of para-hydroxylation sites is 1. The normalized spacial score (nSPS) is 16.3. The van der Waals surface area contributed by atoms with Crippen LogP contribution in [0.1, 0.15) is 12.0 Å². The van der Waals surface area contributed by atoms with Gasteiger partial charge in [-0.1, -0.05) is 18.2 Å². The molecule has 1 aliphatic heterocycles. The van der Waals surface area contributed by atoms with Gasteiger partial charge in [0.2, 0.25) is 5.91 Å². The molecule has 0 unspecified atom stereocenters. The fourth-order valence-electron chi connectivity index (χ4n) is 3.03. The van der Waals surface area contributed by atoms with Crippen molar-refractivity contribution < 1.29 is 17.9 Å². The van der Waals surface area contributed by atoms with Crippen LogP contribution in [-0.4, -0.2) is 66.8 Å². The molecule has 0 bridgehead atoms. The van der Waals surface area contributed by atoms with Crippen molar-refractivity contribution in [3.63, 3.8) is 0 Å². The molecular formula is C17H22N4O4S. The summed E-state index contributed by atoms with van der Waals surface area (Å²) in [6.07, 6.45) is 3.46. The molecule has 2 heterocycles. The zero-order chi connectivity index (χ0) is 18.6. The van der Waals surface area contributed by atoms with E-state index in [0.717, 1.165) is 5.56 Å². The van der Waals surface area contributed by atoms with E-state index in [9.17, 15) is 13.2 Å². The Balaban J connectivity index is 1.66. The van der Waals surface area contributed by atoms with E-state index < -0.39 is 10.0 Å². The Labute approximate surface area is 152 Å². The number of H-pyrrole nitrogens is 1. The zero-order valence-corrected chi connectivity index (χ0v) is 15.4. The van der Waals surface area contributed by atoms with Gasteiger partial charge < -0.3 is 14.6 Å². The number of nitrogens with zero attached hydrogens (tertiary/aromatic N) is 3. The number of ether oxygens (including phenoxy) is 1. The lowest BCUT2D eigenvalue weighted by Gasteiger charge is -2.22. The zero-order valence-electron chi connectivity index (χ0n) is 14.6. The summed E-state index contributed by atoms with van der Waals surface area (Å²) in [5.74, 6) is 0.648. The van der Waals surface area contributed by atoms with E-state index in [1.165, 1.54) is 16.8 Å². The second kappa shape index (κ2) is 7.88. The number of carbonyl (C=O) groups is 1. The van der Waals surface area contributed by atoms with Crippen molar-refractivity contribution in [2.45, 2.75) is 17.9 Å². The molecule has 1 amide bonds. The molecule has 1 aromatic heterocycles. The lowest BCUT2D eigenvalue weighted by molar-refractivity contribution is -0.130. The van der Waals surface area contributed by atoms with E-state index >= 15 is 0 Å². The number of rotatable bonds is 5. The summed E-state index contributed by atoms with van der Waals surface area (Å²) < 4.78 is 31.9. The highest BCUT2D eigenvalue weighted by Gasteiger charge is 2.29. The predicted octanol–water partition coefficient (Wildman–Crippen LogP) is 0.884. The van der Waals surface area contributed by atoms with E-state index in [1.54, 1.807) is 12.0 Å². The van der Waals surface area contributed by atoms with Crippen molar-refractivity contribution in [2.24, 2.45) is 0 Å². The SMILES string of the molecule is COc1ccccc1CC(=O)N1CCCN(S(=O)(=O)c2cnc[nH]2)CC1. The van der Waals surface area contributed by atoms with Gasteiger partial charge in [0, 0.05) is 31.7 Å². The standard InChI is InChI=1S/C17H22N4O4S/c1-25-15-6-3-2-5-14(15)11-17(22)20-7-4-8-21(10-9-20)26(23,24)16-12-18-13-19-16/h2-3,5-6,12-13H,4,7-11H2,1H3,(H,18,19). The Hall–Kier alpha value is -2.39. The molecule has 26 heavy (non-hydrogen) atoms. The van der Waals surface area contributed by atoms with Gasteiger partial charge in [0.25, 0.3) is 10.0 Å². The summed E-state index contributed by atoms with van der Waals surface area (Å²) in [6.45, 7) is 1.53. The van der Waals surface area contributed by atoms with E-state index in [2.05, 4.69) is 9.97 Å². The minimum Gasteiger partial charge on any atom is -0.496 e. The molecule has 1 aliphatic rings. The maximum absolute atomic E-state index is 12.7. The van der Waals surface area contributed by atoms with E-state index in [4.69, 9.17) is 4.74 Å². The highest BCUT2D eigenvalue weighted by molar-refractivity contribution is 7.89. The average molecular weight is 378 g/mol. The van der Waals surface area contributed by atoms with Crippen LogP contribution in [0.3, 0.4) is 0 Å². The summed E-state index contributed by atoms with van der Waals surface area (Å²) in [5.41, 5.74) is 0.825. The third kappa shape index (κ3) is 3.88. The van der Waals surface area contributed by atoms with Crippen LogP contribution in [-0.2, 0) is 21.2 Å². The molecule has 0 atom stereocenters. The number of benzene rings is 1. The minimum atomic E-state index is -3.60. The molecule has 0 saturated carbocycles. The number of hydrogen-bond acceptors (Lipinski definition) is 5. The number of aromatic nitrogens is 2. The van der Waals surface area contributed by atoms with Gasteiger partial charge in [-0.25, -0.2) is 13.4 Å². The number of nitrogens with one attached hydrogen (secondary N) is 1. The largest absolute Gasteiger partial charge is 0.496 e. The van der Waals surface area contributed by atoms with Crippen molar-refractivity contribution in [1.82, 2.24) is 19.2 Å². The Morgan fingerprint density at radius 2 is 2.04 bits per heavy atom. The number of sulfonamides is 1. The number of hydrogen-bond donors (Lipinski definition) is 1. The lowest BCUT2D eigenvalue weighted by Crippen LogP contribution is -2.38. The molecule has 0 aliphatic carbocycles. The molecule has 0 radical (unpaired) electrons. The second-order valence-electron chi connectivity index (χ2n) is 6.04. The molecule has 2 aromatic rings. The van der Waals surface area contributed by atoms with Gasteiger partial charge in [-0.2, -0.15) is 4.31 Å². The Morgan fingerprint density at radius 3 is 2.77 bits per heavy atom. The Kier molecular flexibility index (Phi) is 5.58. The van der Waals surface area contributed by atoms with Crippen molar-refractivity contribution in [3.8, 4) is 5.75 Å². The van der Waals surface area contributed by atoms with Crippen LogP contribution < -0.4 is 4.74 Å². The van der Waals surface area contributed by atoms with Gasteiger partial charge >= 0.3 is 0 Å². The number of carbonyl (C=O) groups excluding carboxylic acids is 1. The van der Waals surface area contributed by atoms with Gasteiger partial charge in [-0.3, -0.25) is 4.79 Å². The summed E-state index contributed by atoms with van der Waals surface area (Å²) in [7, 11) is -2.03. The molecular weight excluding hydrogens is 356 g/mol. The quantitative estimate of drug-likeness (QED) is 0.833. The first-order chi connectivity index (χ1) is 12.5. The molecule has 1 aromatic carbocycles. The van der Waals surface area contributed by atoms with Gasteiger partial charge in [0.1, 0.15) is 5.75 Å². The Bertz CT molecular complexity index is 851. The maximum atomic E-state index is 12.7. The summed E-state index contributed by atoms with van der Waals surface area (Å²) in [4.78, 5) is 20.8.